The first-order valence-electron chi connectivity index (χ1n) is 9.15. The van der Waals surface area contributed by atoms with Gasteiger partial charge >= 0.3 is 11.9 Å². The van der Waals surface area contributed by atoms with Crippen LogP contribution in [0.2, 0.25) is 0 Å². The zero-order valence-electron chi connectivity index (χ0n) is 15.3. The van der Waals surface area contributed by atoms with Crippen molar-refractivity contribution >= 4 is 17.8 Å². The summed E-state index contributed by atoms with van der Waals surface area (Å²) < 4.78 is 5.18. The van der Waals surface area contributed by atoms with Crippen molar-refractivity contribution in [2.75, 3.05) is 6.54 Å². The topological polar surface area (TPSA) is 136 Å². The number of rotatable bonds is 9. The van der Waals surface area contributed by atoms with Crippen LogP contribution in [0.5, 0.6) is 0 Å². The number of benzene rings is 1. The third-order valence-electron chi connectivity index (χ3n) is 4.70. The van der Waals surface area contributed by atoms with Crippen LogP contribution in [-0.4, -0.2) is 52.5 Å². The van der Waals surface area contributed by atoms with Crippen LogP contribution >= 0.6 is 0 Å². The predicted octanol–water partition coefficient (Wildman–Crippen LogP) is 0.630. The fourth-order valence-electron chi connectivity index (χ4n) is 3.13. The Bertz CT molecular complexity index is 652. The number of hydrogen-bond acceptors (Lipinski definition) is 6. The van der Waals surface area contributed by atoms with Gasteiger partial charge in [-0.3, -0.25) is 9.59 Å². The van der Waals surface area contributed by atoms with Gasteiger partial charge in [0.25, 0.3) is 0 Å². The summed E-state index contributed by atoms with van der Waals surface area (Å²) >= 11 is 0. The average molecular weight is 377 g/mol. The predicted molar refractivity (Wildman–Crippen MR) is 98.4 cm³/mol. The molecule has 27 heavy (non-hydrogen) atoms. The summed E-state index contributed by atoms with van der Waals surface area (Å²) in [4.78, 5) is 36.8. The van der Waals surface area contributed by atoms with Gasteiger partial charge in [-0.1, -0.05) is 30.3 Å². The van der Waals surface area contributed by atoms with Crippen LogP contribution in [0.15, 0.2) is 30.3 Å². The first kappa shape index (κ1) is 20.9. The Morgan fingerprint density at radius 3 is 2.48 bits per heavy atom. The normalized spacial score (nSPS) is 18.7. The van der Waals surface area contributed by atoms with Crippen molar-refractivity contribution in [3.8, 4) is 0 Å². The van der Waals surface area contributed by atoms with Gasteiger partial charge in [0.05, 0.1) is 6.04 Å². The number of aliphatic carboxylic acids is 1. The molecule has 1 heterocycles. The van der Waals surface area contributed by atoms with Crippen LogP contribution in [0, 0.1) is 0 Å². The van der Waals surface area contributed by atoms with Crippen molar-refractivity contribution in [2.24, 2.45) is 11.5 Å². The van der Waals surface area contributed by atoms with E-state index in [2.05, 4.69) is 0 Å². The lowest BCUT2D eigenvalue weighted by molar-refractivity contribution is -0.149. The molecule has 148 valence electrons. The highest BCUT2D eigenvalue weighted by Crippen LogP contribution is 2.19. The van der Waals surface area contributed by atoms with Gasteiger partial charge < -0.3 is 26.2 Å². The van der Waals surface area contributed by atoms with Gasteiger partial charge in [-0.05, 0) is 37.7 Å². The van der Waals surface area contributed by atoms with E-state index >= 15 is 0 Å². The molecule has 1 aromatic carbocycles. The average Bonchev–Trinajstić information content (AvgIpc) is 3.16. The van der Waals surface area contributed by atoms with Crippen molar-refractivity contribution in [1.82, 2.24) is 4.90 Å². The summed E-state index contributed by atoms with van der Waals surface area (Å²) in [7, 11) is 0. The third-order valence-corrected chi connectivity index (χ3v) is 4.70. The first-order valence-corrected chi connectivity index (χ1v) is 9.15. The van der Waals surface area contributed by atoms with Gasteiger partial charge in [0.15, 0.2) is 0 Å². The van der Waals surface area contributed by atoms with Gasteiger partial charge in [0.1, 0.15) is 18.7 Å². The van der Waals surface area contributed by atoms with Gasteiger partial charge in [0, 0.05) is 6.54 Å². The molecule has 1 aliphatic rings. The summed E-state index contributed by atoms with van der Waals surface area (Å²) in [5, 5.41) is 9.15. The molecule has 1 aliphatic heterocycles. The number of carboxylic acids is 1. The minimum Gasteiger partial charge on any atom is -0.480 e. The second-order valence-electron chi connectivity index (χ2n) is 6.77. The number of ether oxygens (including phenoxy) is 1. The molecule has 8 heteroatoms. The number of carboxylic acid groups (broad SMARTS) is 1. The highest BCUT2D eigenvalue weighted by Gasteiger charge is 2.35. The highest BCUT2D eigenvalue weighted by molar-refractivity contribution is 5.87. The summed E-state index contributed by atoms with van der Waals surface area (Å²) in [5.74, 6) is -1.86. The molecule has 0 radical (unpaired) electrons. The number of nitrogens with two attached hydrogens (primary N) is 2. The molecule has 0 spiro atoms. The molecule has 1 aromatic rings. The van der Waals surface area contributed by atoms with E-state index in [-0.39, 0.29) is 12.5 Å². The molecule has 8 nitrogen and oxygen atoms in total. The maximum Gasteiger partial charge on any atom is 0.326 e. The number of carbonyl (C=O) groups excluding carboxylic acids is 2. The van der Waals surface area contributed by atoms with Gasteiger partial charge in [-0.25, -0.2) is 4.79 Å². The Balaban J connectivity index is 1.70. The van der Waals surface area contributed by atoms with Crippen LogP contribution in [0.1, 0.15) is 37.7 Å². The van der Waals surface area contributed by atoms with E-state index in [1.165, 1.54) is 4.90 Å². The van der Waals surface area contributed by atoms with Gasteiger partial charge in [-0.15, -0.1) is 0 Å². The summed E-state index contributed by atoms with van der Waals surface area (Å²) in [6.07, 6.45) is 2.26. The molecule has 0 aliphatic carbocycles. The lowest BCUT2D eigenvalue weighted by atomic mass is 10.0. The molecule has 3 atom stereocenters. The second-order valence-corrected chi connectivity index (χ2v) is 6.77. The number of amides is 1. The highest BCUT2D eigenvalue weighted by atomic mass is 16.5. The summed E-state index contributed by atoms with van der Waals surface area (Å²) in [6, 6.07) is 6.93. The maximum atomic E-state index is 12.3. The quantitative estimate of drug-likeness (QED) is 0.537. The van der Waals surface area contributed by atoms with Crippen molar-refractivity contribution in [3.63, 3.8) is 0 Å². The zero-order valence-corrected chi connectivity index (χ0v) is 15.3. The van der Waals surface area contributed by atoms with E-state index in [9.17, 15) is 14.4 Å². The van der Waals surface area contributed by atoms with Crippen molar-refractivity contribution in [2.45, 2.75) is 56.8 Å². The Hall–Kier alpha value is -2.45. The zero-order chi connectivity index (χ0) is 19.8. The maximum absolute atomic E-state index is 12.3. The van der Waals surface area contributed by atoms with E-state index in [0.717, 1.165) is 5.56 Å². The Kier molecular flexibility index (Phi) is 7.75. The molecular formula is C19H27N3O5. The van der Waals surface area contributed by atoms with Crippen LogP contribution in [0.3, 0.4) is 0 Å². The lowest BCUT2D eigenvalue weighted by Gasteiger charge is -2.24. The van der Waals surface area contributed by atoms with Crippen molar-refractivity contribution in [1.29, 1.82) is 0 Å². The van der Waals surface area contributed by atoms with Crippen LogP contribution in [0.25, 0.3) is 0 Å². The van der Waals surface area contributed by atoms with Crippen LogP contribution in [0.4, 0.5) is 0 Å². The lowest BCUT2D eigenvalue weighted by Crippen LogP contribution is -2.48. The molecule has 0 aromatic heterocycles. The van der Waals surface area contributed by atoms with Crippen LogP contribution < -0.4 is 11.5 Å². The monoisotopic (exact) mass is 377 g/mol. The minimum absolute atomic E-state index is 0.164. The SMILES string of the molecule is NC(CCC[C@H](N)C(=O)N1CCC[C@@H]1C(=O)O)C(=O)OCc1ccccc1. The smallest absolute Gasteiger partial charge is 0.326 e. The summed E-state index contributed by atoms with van der Waals surface area (Å²) in [5.41, 5.74) is 12.6. The van der Waals surface area contributed by atoms with Crippen LogP contribution in [-0.2, 0) is 25.7 Å². The number of carbonyl (C=O) groups is 3. The standard InChI is InChI=1S/C19H27N3O5/c20-14(17(23)22-11-5-10-16(22)18(24)25)8-4-9-15(21)19(26)27-12-13-6-2-1-3-7-13/h1-3,6-7,14-16H,4-5,8-12,20-21H2,(H,24,25)/t14-,15?,16+/m0/s1. The van der Waals surface area contributed by atoms with Gasteiger partial charge in [-0.2, -0.15) is 0 Å². The van der Waals surface area contributed by atoms with E-state index in [4.69, 9.17) is 21.3 Å². The molecule has 5 N–H and O–H groups in total. The first-order chi connectivity index (χ1) is 12.9. The molecule has 1 fully saturated rings. The molecule has 1 saturated heterocycles. The Morgan fingerprint density at radius 2 is 1.81 bits per heavy atom. The second kappa shape index (κ2) is 10.0. The Labute approximate surface area is 158 Å². The largest absolute Gasteiger partial charge is 0.480 e. The third kappa shape index (κ3) is 6.04. The molecular weight excluding hydrogens is 350 g/mol. The minimum atomic E-state index is -1.00. The van der Waals surface area contributed by atoms with E-state index < -0.39 is 30.1 Å². The van der Waals surface area contributed by atoms with Crippen molar-refractivity contribution in [3.05, 3.63) is 35.9 Å². The number of esters is 1. The molecule has 0 bridgehead atoms. The fraction of sp³-hybridized carbons (Fsp3) is 0.526. The van der Waals surface area contributed by atoms with E-state index in [1.807, 2.05) is 30.3 Å². The van der Waals surface area contributed by atoms with Gasteiger partial charge in [0.2, 0.25) is 5.91 Å². The number of likely N-dealkylation sites (tertiary alicyclic amines) is 1. The number of nitrogens with zero attached hydrogens (tertiary/aromatic N) is 1. The van der Waals surface area contributed by atoms with Crippen molar-refractivity contribution < 1.29 is 24.2 Å². The molecule has 1 amide bonds. The molecule has 2 rings (SSSR count). The molecule has 1 unspecified atom stereocenters. The Morgan fingerprint density at radius 1 is 1.15 bits per heavy atom. The summed E-state index contributed by atoms with van der Waals surface area (Å²) in [6.45, 7) is 0.575. The fourth-order valence-corrected chi connectivity index (χ4v) is 3.13. The molecule has 0 saturated carbocycles. The van der Waals surface area contributed by atoms with E-state index in [1.54, 1.807) is 0 Å². The van der Waals surface area contributed by atoms with E-state index in [0.29, 0.717) is 38.6 Å². The number of hydrogen-bond donors (Lipinski definition) is 3.